The molecule has 0 fully saturated rings. The molecule has 0 aromatic heterocycles. The number of carbonyl (C=O) groups is 1. The van der Waals surface area contributed by atoms with E-state index in [9.17, 15) is 9.18 Å². The van der Waals surface area contributed by atoms with Crippen LogP contribution in [0, 0.1) is 12.7 Å². The maximum atomic E-state index is 13.1. The first-order chi connectivity index (χ1) is 9.06. The van der Waals surface area contributed by atoms with Gasteiger partial charge in [-0.05, 0) is 52.2 Å². The van der Waals surface area contributed by atoms with Gasteiger partial charge in [-0.15, -0.1) is 0 Å². The van der Waals surface area contributed by atoms with E-state index in [2.05, 4.69) is 21.2 Å². The predicted molar refractivity (Wildman–Crippen MR) is 77.6 cm³/mol. The van der Waals surface area contributed by atoms with E-state index >= 15 is 0 Å². The number of hydrogen-bond donors (Lipinski definition) is 1. The highest BCUT2D eigenvalue weighted by molar-refractivity contribution is 9.10. The molecule has 0 unspecified atom stereocenters. The lowest BCUT2D eigenvalue weighted by Gasteiger charge is -2.09. The Morgan fingerprint density at radius 3 is 2.74 bits per heavy atom. The quantitative estimate of drug-likeness (QED) is 0.906. The number of aryl methyl sites for hydroxylation is 1. The fourth-order valence-electron chi connectivity index (χ4n) is 1.77. The number of carbonyl (C=O) groups excluding carboxylic acids is 1. The number of rotatable bonds is 3. The van der Waals surface area contributed by atoms with E-state index in [0.717, 1.165) is 11.1 Å². The number of anilines is 1. The summed E-state index contributed by atoms with van der Waals surface area (Å²) in [5.41, 5.74) is 2.47. The van der Waals surface area contributed by atoms with E-state index in [1.807, 2.05) is 31.2 Å². The van der Waals surface area contributed by atoms with E-state index < -0.39 is 0 Å². The molecule has 0 bridgehead atoms. The van der Waals surface area contributed by atoms with Crippen molar-refractivity contribution in [2.24, 2.45) is 0 Å². The molecule has 0 atom stereocenters. The summed E-state index contributed by atoms with van der Waals surface area (Å²) in [4.78, 5) is 11.9. The van der Waals surface area contributed by atoms with E-state index in [-0.39, 0.29) is 18.1 Å². The van der Waals surface area contributed by atoms with Crippen molar-refractivity contribution < 1.29 is 9.18 Å². The average Bonchev–Trinajstić information content (AvgIpc) is 2.37. The Morgan fingerprint density at radius 1 is 1.26 bits per heavy atom. The zero-order valence-electron chi connectivity index (χ0n) is 10.4. The molecule has 0 aliphatic heterocycles. The lowest BCUT2D eigenvalue weighted by Crippen LogP contribution is -2.15. The highest BCUT2D eigenvalue weighted by Crippen LogP contribution is 2.23. The van der Waals surface area contributed by atoms with Gasteiger partial charge in [0.05, 0.1) is 12.1 Å². The maximum absolute atomic E-state index is 13.1. The second-order valence-corrected chi connectivity index (χ2v) is 5.13. The minimum atomic E-state index is -0.380. The summed E-state index contributed by atoms with van der Waals surface area (Å²) in [6, 6.07) is 11.9. The highest BCUT2D eigenvalue weighted by Gasteiger charge is 2.08. The molecule has 2 rings (SSSR count). The standard InChI is InChI=1S/C15H13BrFNO/c1-10-4-2-3-5-11(10)8-15(19)18-14-9-12(17)6-7-13(14)16/h2-7,9H,8H2,1H3,(H,18,19). The Balaban J connectivity index is 2.10. The Kier molecular flexibility index (Phi) is 4.32. The Hall–Kier alpha value is -1.68. The third-order valence-corrected chi connectivity index (χ3v) is 3.51. The van der Waals surface area contributed by atoms with Crippen molar-refractivity contribution >= 4 is 27.5 Å². The van der Waals surface area contributed by atoms with Crippen molar-refractivity contribution in [3.63, 3.8) is 0 Å². The van der Waals surface area contributed by atoms with E-state index in [0.29, 0.717) is 10.2 Å². The van der Waals surface area contributed by atoms with Gasteiger partial charge in [0.1, 0.15) is 5.82 Å². The van der Waals surface area contributed by atoms with Crippen LogP contribution in [0.2, 0.25) is 0 Å². The van der Waals surface area contributed by atoms with Crippen LogP contribution in [-0.2, 0) is 11.2 Å². The topological polar surface area (TPSA) is 29.1 Å². The third kappa shape index (κ3) is 3.64. The fraction of sp³-hybridized carbons (Fsp3) is 0.133. The lowest BCUT2D eigenvalue weighted by molar-refractivity contribution is -0.115. The van der Waals surface area contributed by atoms with E-state index in [1.165, 1.54) is 12.1 Å². The molecule has 98 valence electrons. The first-order valence-electron chi connectivity index (χ1n) is 5.85. The van der Waals surface area contributed by atoms with Crippen LogP contribution in [0.4, 0.5) is 10.1 Å². The molecule has 0 saturated heterocycles. The SMILES string of the molecule is Cc1ccccc1CC(=O)Nc1cc(F)ccc1Br. The molecule has 19 heavy (non-hydrogen) atoms. The van der Waals surface area contributed by atoms with Crippen molar-refractivity contribution in [3.05, 3.63) is 63.9 Å². The van der Waals surface area contributed by atoms with Crippen molar-refractivity contribution in [2.45, 2.75) is 13.3 Å². The second kappa shape index (κ2) is 5.97. The molecule has 0 heterocycles. The minimum Gasteiger partial charge on any atom is -0.325 e. The maximum Gasteiger partial charge on any atom is 0.228 e. The number of benzene rings is 2. The lowest BCUT2D eigenvalue weighted by atomic mass is 10.1. The molecule has 0 aliphatic rings. The summed E-state index contributed by atoms with van der Waals surface area (Å²) in [6.07, 6.45) is 0.273. The van der Waals surface area contributed by atoms with Crippen molar-refractivity contribution in [1.29, 1.82) is 0 Å². The van der Waals surface area contributed by atoms with Crippen molar-refractivity contribution in [3.8, 4) is 0 Å². The Labute approximate surface area is 119 Å². The van der Waals surface area contributed by atoms with Crippen LogP contribution in [0.3, 0.4) is 0 Å². The van der Waals surface area contributed by atoms with Gasteiger partial charge in [0.25, 0.3) is 0 Å². The molecule has 4 heteroatoms. The summed E-state index contributed by atoms with van der Waals surface area (Å²) >= 11 is 3.28. The van der Waals surface area contributed by atoms with Gasteiger partial charge < -0.3 is 5.32 Å². The van der Waals surface area contributed by atoms with Gasteiger partial charge in [-0.1, -0.05) is 24.3 Å². The van der Waals surface area contributed by atoms with Crippen LogP contribution in [0.1, 0.15) is 11.1 Å². The van der Waals surface area contributed by atoms with Gasteiger partial charge in [0.2, 0.25) is 5.91 Å². The summed E-state index contributed by atoms with van der Waals surface area (Å²) in [5.74, 6) is -0.546. The molecule has 0 aliphatic carbocycles. The van der Waals surface area contributed by atoms with Crippen molar-refractivity contribution in [2.75, 3.05) is 5.32 Å². The van der Waals surface area contributed by atoms with Gasteiger partial charge >= 0.3 is 0 Å². The molecule has 2 aromatic carbocycles. The van der Waals surface area contributed by atoms with Gasteiger partial charge in [0.15, 0.2) is 0 Å². The van der Waals surface area contributed by atoms with Gasteiger partial charge in [-0.25, -0.2) is 4.39 Å². The third-order valence-electron chi connectivity index (χ3n) is 2.81. The highest BCUT2D eigenvalue weighted by atomic mass is 79.9. The minimum absolute atomic E-state index is 0.166. The molecule has 1 N–H and O–H groups in total. The Bertz CT molecular complexity index is 613. The van der Waals surface area contributed by atoms with Crippen LogP contribution in [-0.4, -0.2) is 5.91 Å². The Morgan fingerprint density at radius 2 is 2.00 bits per heavy atom. The van der Waals surface area contributed by atoms with Crippen LogP contribution < -0.4 is 5.32 Å². The largest absolute Gasteiger partial charge is 0.325 e. The molecular formula is C15H13BrFNO. The summed E-state index contributed by atoms with van der Waals surface area (Å²) in [5, 5.41) is 2.70. The monoisotopic (exact) mass is 321 g/mol. The number of halogens is 2. The molecule has 1 amide bonds. The predicted octanol–water partition coefficient (Wildman–Crippen LogP) is 4.08. The van der Waals surface area contributed by atoms with Crippen LogP contribution in [0.5, 0.6) is 0 Å². The first-order valence-corrected chi connectivity index (χ1v) is 6.65. The average molecular weight is 322 g/mol. The number of hydrogen-bond acceptors (Lipinski definition) is 1. The summed E-state index contributed by atoms with van der Waals surface area (Å²) in [6.45, 7) is 1.96. The molecule has 2 nitrogen and oxygen atoms in total. The van der Waals surface area contributed by atoms with Crippen LogP contribution >= 0.6 is 15.9 Å². The van der Waals surface area contributed by atoms with Crippen LogP contribution in [0.25, 0.3) is 0 Å². The molecule has 2 aromatic rings. The molecule has 0 saturated carbocycles. The second-order valence-electron chi connectivity index (χ2n) is 4.28. The number of nitrogens with one attached hydrogen (secondary N) is 1. The van der Waals surface area contributed by atoms with Gasteiger partial charge in [-0.2, -0.15) is 0 Å². The molecule has 0 spiro atoms. The molecular weight excluding hydrogens is 309 g/mol. The summed E-state index contributed by atoms with van der Waals surface area (Å²) in [7, 11) is 0. The van der Waals surface area contributed by atoms with E-state index in [4.69, 9.17) is 0 Å². The smallest absolute Gasteiger partial charge is 0.228 e. The molecule has 0 radical (unpaired) electrons. The normalized spacial score (nSPS) is 10.3. The van der Waals surface area contributed by atoms with Gasteiger partial charge in [0, 0.05) is 4.47 Å². The zero-order valence-corrected chi connectivity index (χ0v) is 12.0. The first kappa shape index (κ1) is 13.7. The summed E-state index contributed by atoms with van der Waals surface area (Å²) < 4.78 is 13.8. The van der Waals surface area contributed by atoms with E-state index in [1.54, 1.807) is 6.07 Å². The zero-order chi connectivity index (χ0) is 13.8. The number of amides is 1. The fourth-order valence-corrected chi connectivity index (χ4v) is 2.11. The van der Waals surface area contributed by atoms with Crippen molar-refractivity contribution in [1.82, 2.24) is 0 Å². The van der Waals surface area contributed by atoms with Gasteiger partial charge in [-0.3, -0.25) is 4.79 Å². The van der Waals surface area contributed by atoms with Crippen LogP contribution in [0.15, 0.2) is 46.9 Å².